The molecule has 0 spiro atoms. The number of aromatic nitrogens is 1. The number of rotatable bonds is 4. The van der Waals surface area contributed by atoms with Crippen molar-refractivity contribution in [2.24, 2.45) is 0 Å². The monoisotopic (exact) mass is 433 g/mol. The number of amides is 1. The van der Waals surface area contributed by atoms with Crippen molar-refractivity contribution in [2.75, 3.05) is 5.32 Å². The second-order valence-corrected chi connectivity index (χ2v) is 7.54. The Morgan fingerprint density at radius 2 is 1.71 bits per heavy atom. The van der Waals surface area contributed by atoms with Gasteiger partial charge >= 0.3 is 0 Å². The predicted molar refractivity (Wildman–Crippen MR) is 116 cm³/mol. The molecule has 0 saturated carbocycles. The highest BCUT2D eigenvalue weighted by Gasteiger charge is 2.14. The SMILES string of the molecule is Cc1ccc(NC(=O)/C(C#N)=C\c2cc(C)n(-c3ccc(Br)cc3)c2C)cc1. The van der Waals surface area contributed by atoms with Crippen LogP contribution in [-0.4, -0.2) is 10.5 Å². The van der Waals surface area contributed by atoms with Gasteiger partial charge in [-0.05, 0) is 74.9 Å². The third-order valence-electron chi connectivity index (χ3n) is 4.53. The molecule has 2 aromatic carbocycles. The summed E-state index contributed by atoms with van der Waals surface area (Å²) in [6, 6.07) is 19.5. The largest absolute Gasteiger partial charge is 0.321 e. The van der Waals surface area contributed by atoms with Crippen LogP contribution in [0.5, 0.6) is 0 Å². The summed E-state index contributed by atoms with van der Waals surface area (Å²) >= 11 is 3.45. The van der Waals surface area contributed by atoms with Crippen LogP contribution in [0.4, 0.5) is 5.69 Å². The zero-order chi connectivity index (χ0) is 20.3. The molecule has 140 valence electrons. The minimum absolute atomic E-state index is 0.0663. The average molecular weight is 434 g/mol. The summed E-state index contributed by atoms with van der Waals surface area (Å²) in [6.45, 7) is 5.96. The van der Waals surface area contributed by atoms with Gasteiger partial charge in [0.15, 0.2) is 0 Å². The van der Waals surface area contributed by atoms with Gasteiger partial charge in [-0.15, -0.1) is 0 Å². The molecule has 0 radical (unpaired) electrons. The van der Waals surface area contributed by atoms with Gasteiger partial charge in [0, 0.05) is 27.2 Å². The van der Waals surface area contributed by atoms with E-state index in [4.69, 9.17) is 0 Å². The minimum Gasteiger partial charge on any atom is -0.321 e. The van der Waals surface area contributed by atoms with Crippen molar-refractivity contribution in [3.63, 3.8) is 0 Å². The van der Waals surface area contributed by atoms with Crippen LogP contribution in [0.3, 0.4) is 0 Å². The van der Waals surface area contributed by atoms with Gasteiger partial charge in [-0.1, -0.05) is 33.6 Å². The molecular weight excluding hydrogens is 414 g/mol. The minimum atomic E-state index is -0.417. The number of carbonyl (C=O) groups is 1. The van der Waals surface area contributed by atoms with Crippen LogP contribution in [0.2, 0.25) is 0 Å². The highest BCUT2D eigenvalue weighted by molar-refractivity contribution is 9.10. The van der Waals surface area contributed by atoms with Crippen LogP contribution >= 0.6 is 15.9 Å². The van der Waals surface area contributed by atoms with Crippen LogP contribution in [0, 0.1) is 32.1 Å². The molecule has 0 atom stereocenters. The molecule has 3 aromatic rings. The summed E-state index contributed by atoms with van der Waals surface area (Å²) in [5.41, 5.74) is 5.71. The summed E-state index contributed by atoms with van der Waals surface area (Å²) < 4.78 is 3.11. The van der Waals surface area contributed by atoms with E-state index >= 15 is 0 Å². The summed E-state index contributed by atoms with van der Waals surface area (Å²) in [6.07, 6.45) is 1.64. The van der Waals surface area contributed by atoms with Crippen LogP contribution in [-0.2, 0) is 4.79 Å². The van der Waals surface area contributed by atoms with E-state index in [-0.39, 0.29) is 5.57 Å². The number of nitrogens with one attached hydrogen (secondary N) is 1. The highest BCUT2D eigenvalue weighted by atomic mass is 79.9. The van der Waals surface area contributed by atoms with E-state index in [1.54, 1.807) is 6.08 Å². The van der Waals surface area contributed by atoms with Crippen molar-refractivity contribution < 1.29 is 4.79 Å². The van der Waals surface area contributed by atoms with Crippen LogP contribution in [0.15, 0.2) is 64.6 Å². The van der Waals surface area contributed by atoms with Gasteiger partial charge in [0.1, 0.15) is 11.6 Å². The Morgan fingerprint density at radius 1 is 1.07 bits per heavy atom. The van der Waals surface area contributed by atoms with Gasteiger partial charge in [-0.3, -0.25) is 4.79 Å². The fourth-order valence-electron chi connectivity index (χ4n) is 3.06. The first-order valence-electron chi connectivity index (χ1n) is 8.83. The quantitative estimate of drug-likeness (QED) is 0.422. The molecule has 0 aliphatic heterocycles. The summed E-state index contributed by atoms with van der Waals surface area (Å²) in [7, 11) is 0. The Balaban J connectivity index is 1.91. The normalized spacial score (nSPS) is 11.2. The lowest BCUT2D eigenvalue weighted by atomic mass is 10.1. The second-order valence-electron chi connectivity index (χ2n) is 6.63. The van der Waals surface area contributed by atoms with E-state index in [0.29, 0.717) is 5.69 Å². The van der Waals surface area contributed by atoms with E-state index in [9.17, 15) is 10.1 Å². The fraction of sp³-hybridized carbons (Fsp3) is 0.130. The van der Waals surface area contributed by atoms with Crippen molar-refractivity contribution in [2.45, 2.75) is 20.8 Å². The van der Waals surface area contributed by atoms with Crippen molar-refractivity contribution in [3.05, 3.63) is 87.2 Å². The maximum Gasteiger partial charge on any atom is 0.266 e. The first-order valence-corrected chi connectivity index (χ1v) is 9.63. The van der Waals surface area contributed by atoms with Gasteiger partial charge in [0.25, 0.3) is 5.91 Å². The van der Waals surface area contributed by atoms with Gasteiger partial charge in [-0.25, -0.2) is 0 Å². The van der Waals surface area contributed by atoms with Crippen molar-refractivity contribution in [1.29, 1.82) is 5.26 Å². The van der Waals surface area contributed by atoms with Crippen molar-refractivity contribution in [1.82, 2.24) is 4.57 Å². The standard InChI is InChI=1S/C23H20BrN3O/c1-15-4-8-21(9-5-15)26-23(28)19(14-25)13-18-12-16(2)27(17(18)3)22-10-6-20(24)7-11-22/h4-13H,1-3H3,(H,26,28)/b19-13-. The van der Waals surface area contributed by atoms with Gasteiger partial charge < -0.3 is 9.88 Å². The van der Waals surface area contributed by atoms with Gasteiger partial charge in [0.2, 0.25) is 0 Å². The Bertz CT molecular complexity index is 1080. The smallest absolute Gasteiger partial charge is 0.266 e. The number of nitriles is 1. The van der Waals surface area contributed by atoms with E-state index in [2.05, 4.69) is 25.8 Å². The molecule has 0 bridgehead atoms. The van der Waals surface area contributed by atoms with Gasteiger partial charge in [-0.2, -0.15) is 5.26 Å². The Morgan fingerprint density at radius 3 is 2.32 bits per heavy atom. The lowest BCUT2D eigenvalue weighted by Crippen LogP contribution is -2.13. The van der Waals surface area contributed by atoms with Gasteiger partial charge in [0.05, 0.1) is 0 Å². The number of halogens is 1. The molecule has 1 N–H and O–H groups in total. The number of hydrogen-bond acceptors (Lipinski definition) is 2. The van der Waals surface area contributed by atoms with E-state index in [0.717, 1.165) is 32.7 Å². The molecule has 0 aliphatic carbocycles. The number of aryl methyl sites for hydroxylation is 2. The van der Waals surface area contributed by atoms with Crippen molar-refractivity contribution in [3.8, 4) is 11.8 Å². The third-order valence-corrected chi connectivity index (χ3v) is 5.06. The molecule has 28 heavy (non-hydrogen) atoms. The highest BCUT2D eigenvalue weighted by Crippen LogP contribution is 2.24. The number of nitrogens with zero attached hydrogens (tertiary/aromatic N) is 2. The molecule has 1 aromatic heterocycles. The second kappa shape index (κ2) is 8.28. The Labute approximate surface area is 173 Å². The van der Waals surface area contributed by atoms with Crippen LogP contribution in [0.1, 0.15) is 22.5 Å². The predicted octanol–water partition coefficient (Wildman–Crippen LogP) is 5.71. The molecular formula is C23H20BrN3O. The number of carbonyl (C=O) groups excluding carboxylic acids is 1. The van der Waals surface area contributed by atoms with E-state index in [1.165, 1.54) is 0 Å². The molecule has 4 nitrogen and oxygen atoms in total. The molecule has 0 aliphatic rings. The van der Waals surface area contributed by atoms with Crippen molar-refractivity contribution >= 4 is 33.6 Å². The maximum atomic E-state index is 12.5. The molecule has 1 amide bonds. The maximum absolute atomic E-state index is 12.5. The third kappa shape index (κ3) is 4.24. The topological polar surface area (TPSA) is 57.8 Å². The Kier molecular flexibility index (Phi) is 5.81. The van der Waals surface area contributed by atoms with E-state index < -0.39 is 5.91 Å². The first-order chi connectivity index (χ1) is 13.4. The summed E-state index contributed by atoms with van der Waals surface area (Å²) in [5, 5.41) is 12.3. The van der Waals surface area contributed by atoms with E-state index in [1.807, 2.05) is 81.4 Å². The lowest BCUT2D eigenvalue weighted by molar-refractivity contribution is -0.112. The zero-order valence-corrected chi connectivity index (χ0v) is 17.5. The number of benzene rings is 2. The molecule has 1 heterocycles. The number of hydrogen-bond donors (Lipinski definition) is 1. The van der Waals surface area contributed by atoms with Crippen LogP contribution < -0.4 is 5.32 Å². The summed E-state index contributed by atoms with van der Waals surface area (Å²) in [5.74, 6) is -0.417. The fourth-order valence-corrected chi connectivity index (χ4v) is 3.32. The van der Waals surface area contributed by atoms with Crippen LogP contribution in [0.25, 0.3) is 11.8 Å². The summed E-state index contributed by atoms with van der Waals surface area (Å²) in [4.78, 5) is 12.5. The molecule has 0 fully saturated rings. The molecule has 0 unspecified atom stereocenters. The number of anilines is 1. The molecule has 3 rings (SSSR count). The zero-order valence-electron chi connectivity index (χ0n) is 16.0. The Hall–Kier alpha value is -3.10. The molecule has 0 saturated heterocycles. The lowest BCUT2D eigenvalue weighted by Gasteiger charge is -2.10. The average Bonchev–Trinajstić information content (AvgIpc) is 2.95. The first kappa shape index (κ1) is 19.7. The molecule has 5 heteroatoms.